The van der Waals surface area contributed by atoms with E-state index in [1.54, 1.807) is 30.3 Å². The van der Waals surface area contributed by atoms with Gasteiger partial charge in [0.05, 0.1) is 21.2 Å². The molecule has 0 heterocycles. The molecule has 12 heteroatoms. The van der Waals surface area contributed by atoms with E-state index in [4.69, 9.17) is 33.7 Å². The van der Waals surface area contributed by atoms with Gasteiger partial charge in [-0.25, -0.2) is 4.79 Å². The van der Waals surface area contributed by atoms with Crippen molar-refractivity contribution in [2.45, 2.75) is 12.4 Å². The highest BCUT2D eigenvalue weighted by molar-refractivity contribution is 6.31. The molecule has 0 unspecified atom stereocenters. The fourth-order valence-electron chi connectivity index (χ4n) is 2.32. The number of carbonyl (C=O) groups is 1. The van der Waals surface area contributed by atoms with Crippen molar-refractivity contribution < 1.29 is 35.9 Å². The number of hydrogen-bond donors (Lipinski definition) is 2. The Bertz CT molecular complexity index is 1110. The molecule has 1 amide bonds. The molecule has 176 valence electrons. The number of benzene rings is 3. The second-order valence-electron chi connectivity index (χ2n) is 6.26. The minimum atomic E-state index is -4.60. The van der Waals surface area contributed by atoms with Crippen molar-refractivity contribution in [3.05, 3.63) is 87.9 Å². The first-order valence-electron chi connectivity index (χ1n) is 8.80. The number of ether oxygens (including phenoxy) is 1. The van der Waals surface area contributed by atoms with Gasteiger partial charge >= 0.3 is 18.4 Å². The molecule has 0 aliphatic heterocycles. The summed E-state index contributed by atoms with van der Waals surface area (Å²) in [4.78, 5) is 11.6. The van der Waals surface area contributed by atoms with Crippen molar-refractivity contribution >= 4 is 40.7 Å². The topological polar surface area (TPSA) is 64.4 Å². The summed E-state index contributed by atoms with van der Waals surface area (Å²) in [7, 11) is 0. The predicted octanol–water partition coefficient (Wildman–Crippen LogP) is 7.91. The van der Waals surface area contributed by atoms with E-state index in [0.717, 1.165) is 24.3 Å². The van der Waals surface area contributed by atoms with Crippen LogP contribution in [0.15, 0.2) is 66.7 Å². The summed E-state index contributed by atoms with van der Waals surface area (Å²) in [5.74, 6) is 0.278. The highest BCUT2D eigenvalue weighted by atomic mass is 35.5. The van der Waals surface area contributed by atoms with Crippen molar-refractivity contribution in [1.82, 2.24) is 0 Å². The van der Waals surface area contributed by atoms with Crippen molar-refractivity contribution in [3.63, 3.8) is 0 Å². The van der Waals surface area contributed by atoms with Gasteiger partial charge in [-0.05, 0) is 48.5 Å². The first-order chi connectivity index (χ1) is 15.3. The summed E-state index contributed by atoms with van der Waals surface area (Å²) in [6.45, 7) is 0. The molecule has 0 aliphatic rings. The monoisotopic (exact) mass is 510 g/mol. The van der Waals surface area contributed by atoms with Gasteiger partial charge < -0.3 is 10.5 Å². The molecule has 4 nitrogen and oxygen atoms in total. The number of rotatable bonds is 2. The Morgan fingerprint density at radius 2 is 1.30 bits per heavy atom. The zero-order valence-electron chi connectivity index (χ0n) is 16.3. The standard InChI is InChI=1S/C14H9ClF3NO2.C7H5ClF3N/c15-12-7-6-9(8-11(12)14(16,17)18)19-13(20)21-10-4-2-1-3-5-10;8-6-2-1-4(12)3-5(6)7(9,10)11/h1-8H,(H,19,20);1-3H,12H2. The summed E-state index contributed by atoms with van der Waals surface area (Å²) in [5.41, 5.74) is 3.23. The Morgan fingerprint density at radius 1 is 0.788 bits per heavy atom. The Hall–Kier alpha value is -3.11. The van der Waals surface area contributed by atoms with E-state index in [1.165, 1.54) is 12.1 Å². The SMILES string of the molecule is Nc1ccc(Cl)c(C(F)(F)F)c1.O=C(Nc1ccc(Cl)c(C(F)(F)F)c1)Oc1ccccc1. The van der Waals surface area contributed by atoms with Gasteiger partial charge in [-0.1, -0.05) is 41.4 Å². The zero-order valence-corrected chi connectivity index (χ0v) is 17.8. The zero-order chi connectivity index (χ0) is 24.8. The maximum absolute atomic E-state index is 12.7. The third-order valence-electron chi connectivity index (χ3n) is 3.77. The van der Waals surface area contributed by atoms with E-state index in [-0.39, 0.29) is 22.1 Å². The largest absolute Gasteiger partial charge is 0.417 e. The minimum absolute atomic E-state index is 0.0479. The van der Waals surface area contributed by atoms with Crippen LogP contribution in [0.25, 0.3) is 0 Å². The summed E-state index contributed by atoms with van der Waals surface area (Å²) >= 11 is 10.8. The summed E-state index contributed by atoms with van der Waals surface area (Å²) < 4.78 is 79.2. The van der Waals surface area contributed by atoms with Gasteiger partial charge in [0.15, 0.2) is 0 Å². The van der Waals surface area contributed by atoms with Crippen molar-refractivity contribution in [2.75, 3.05) is 11.1 Å². The number of amides is 1. The summed E-state index contributed by atoms with van der Waals surface area (Å²) in [6, 6.07) is 14.4. The molecule has 3 N–H and O–H groups in total. The molecule has 0 saturated carbocycles. The van der Waals surface area contributed by atoms with Crippen LogP contribution >= 0.6 is 23.2 Å². The van der Waals surface area contributed by atoms with Crippen LogP contribution in [-0.2, 0) is 12.4 Å². The third-order valence-corrected chi connectivity index (χ3v) is 4.43. The molecule has 0 fully saturated rings. The molecule has 0 spiro atoms. The number of anilines is 2. The minimum Gasteiger partial charge on any atom is -0.410 e. The van der Waals surface area contributed by atoms with E-state index in [9.17, 15) is 31.1 Å². The van der Waals surface area contributed by atoms with Crippen LogP contribution in [0.1, 0.15) is 11.1 Å². The summed E-state index contributed by atoms with van der Waals surface area (Å²) in [6.07, 6.45) is -9.93. The van der Waals surface area contributed by atoms with Crippen LogP contribution < -0.4 is 15.8 Å². The molecular weight excluding hydrogens is 497 g/mol. The fraction of sp³-hybridized carbons (Fsp3) is 0.0952. The molecule has 3 aromatic carbocycles. The fourth-order valence-corrected chi connectivity index (χ4v) is 2.77. The third kappa shape index (κ3) is 8.07. The van der Waals surface area contributed by atoms with Gasteiger partial charge in [0, 0.05) is 11.4 Å². The Balaban J connectivity index is 0.000000273. The number of nitrogen functional groups attached to an aromatic ring is 1. The quantitative estimate of drug-likeness (QED) is 0.272. The predicted molar refractivity (Wildman–Crippen MR) is 113 cm³/mol. The number of carbonyl (C=O) groups excluding carboxylic acids is 1. The van der Waals surface area contributed by atoms with Crippen LogP contribution in [-0.4, -0.2) is 6.09 Å². The van der Waals surface area contributed by atoms with Crippen molar-refractivity contribution in [1.29, 1.82) is 0 Å². The first kappa shape index (κ1) is 26.1. The lowest BCUT2D eigenvalue weighted by Crippen LogP contribution is -2.17. The molecular formula is C21H14Cl2F6N2O2. The maximum Gasteiger partial charge on any atom is 0.417 e. The lowest BCUT2D eigenvalue weighted by molar-refractivity contribution is -0.138. The van der Waals surface area contributed by atoms with E-state index in [1.807, 2.05) is 0 Å². The lowest BCUT2D eigenvalue weighted by atomic mass is 10.2. The highest BCUT2D eigenvalue weighted by Crippen LogP contribution is 2.36. The number of nitrogens with two attached hydrogens (primary N) is 1. The Kier molecular flexibility index (Phi) is 8.45. The number of para-hydroxylation sites is 1. The highest BCUT2D eigenvalue weighted by Gasteiger charge is 2.34. The van der Waals surface area contributed by atoms with Crippen LogP contribution in [0.3, 0.4) is 0 Å². The molecule has 0 bridgehead atoms. The van der Waals surface area contributed by atoms with Crippen molar-refractivity contribution in [3.8, 4) is 5.75 Å². The second-order valence-corrected chi connectivity index (χ2v) is 7.07. The average Bonchev–Trinajstić information content (AvgIpc) is 2.71. The number of hydrogen-bond acceptors (Lipinski definition) is 3. The molecule has 0 aliphatic carbocycles. The molecule has 3 rings (SSSR count). The average molecular weight is 511 g/mol. The molecule has 0 saturated heterocycles. The van der Waals surface area contributed by atoms with Gasteiger partial charge in [-0.2, -0.15) is 26.3 Å². The summed E-state index contributed by atoms with van der Waals surface area (Å²) in [5, 5.41) is 1.43. The van der Waals surface area contributed by atoms with Crippen LogP contribution in [0, 0.1) is 0 Å². The van der Waals surface area contributed by atoms with Crippen LogP contribution in [0.5, 0.6) is 5.75 Å². The molecule has 0 radical (unpaired) electrons. The first-order valence-corrected chi connectivity index (χ1v) is 9.56. The smallest absolute Gasteiger partial charge is 0.410 e. The van der Waals surface area contributed by atoms with Gasteiger partial charge in [-0.15, -0.1) is 0 Å². The molecule has 33 heavy (non-hydrogen) atoms. The Labute approximate surface area is 193 Å². The van der Waals surface area contributed by atoms with Crippen LogP contribution in [0.2, 0.25) is 10.0 Å². The normalized spacial score (nSPS) is 11.3. The van der Waals surface area contributed by atoms with Gasteiger partial charge in [0.25, 0.3) is 0 Å². The van der Waals surface area contributed by atoms with E-state index in [2.05, 4.69) is 5.32 Å². The Morgan fingerprint density at radius 3 is 1.82 bits per heavy atom. The van der Waals surface area contributed by atoms with E-state index < -0.39 is 34.6 Å². The number of alkyl halides is 6. The van der Waals surface area contributed by atoms with Gasteiger partial charge in [0.1, 0.15) is 5.75 Å². The lowest BCUT2D eigenvalue weighted by Gasteiger charge is -2.11. The van der Waals surface area contributed by atoms with Gasteiger partial charge in [0.2, 0.25) is 0 Å². The molecule has 0 atom stereocenters. The van der Waals surface area contributed by atoms with E-state index in [0.29, 0.717) is 0 Å². The van der Waals surface area contributed by atoms with E-state index >= 15 is 0 Å². The maximum atomic E-state index is 12.7. The second kappa shape index (κ2) is 10.7. The molecule has 3 aromatic rings. The van der Waals surface area contributed by atoms with Crippen molar-refractivity contribution in [2.24, 2.45) is 0 Å². The molecule has 0 aromatic heterocycles. The van der Waals surface area contributed by atoms with Gasteiger partial charge in [-0.3, -0.25) is 5.32 Å². The van der Waals surface area contributed by atoms with Crippen LogP contribution in [0.4, 0.5) is 42.5 Å². The number of nitrogens with one attached hydrogen (secondary N) is 1. The number of halogens is 8.